The Morgan fingerprint density at radius 1 is 1.29 bits per heavy atom. The predicted molar refractivity (Wildman–Crippen MR) is 82.9 cm³/mol. The molecule has 5 nitrogen and oxygen atoms in total. The fourth-order valence-electron chi connectivity index (χ4n) is 2.43. The van der Waals surface area contributed by atoms with Crippen molar-refractivity contribution in [1.29, 1.82) is 0 Å². The van der Waals surface area contributed by atoms with Crippen LogP contribution in [-0.4, -0.2) is 25.5 Å². The van der Waals surface area contributed by atoms with Crippen LogP contribution in [-0.2, 0) is 14.8 Å². The molecule has 0 aliphatic heterocycles. The number of carbonyl (C=O) groups is 1. The molecule has 0 spiro atoms. The number of rotatable bonds is 4. The molecule has 8 heteroatoms. The number of benzene rings is 1. The van der Waals surface area contributed by atoms with Crippen LogP contribution in [0.1, 0.15) is 25.7 Å². The van der Waals surface area contributed by atoms with Gasteiger partial charge in [-0.2, -0.15) is 0 Å². The highest BCUT2D eigenvalue weighted by atomic mass is 79.9. The third-order valence-corrected chi connectivity index (χ3v) is 6.08. The van der Waals surface area contributed by atoms with Gasteiger partial charge in [0.05, 0.1) is 10.9 Å². The highest BCUT2D eigenvalue weighted by molar-refractivity contribution is 9.10. The quantitative estimate of drug-likeness (QED) is 0.819. The van der Waals surface area contributed by atoms with Crippen LogP contribution < -0.4 is 4.72 Å². The summed E-state index contributed by atoms with van der Waals surface area (Å²) in [6, 6.07) is 4.34. The molecule has 2 rings (SSSR count). The van der Waals surface area contributed by atoms with Gasteiger partial charge in [0.15, 0.2) is 0 Å². The monoisotopic (exact) mass is 395 g/mol. The lowest BCUT2D eigenvalue weighted by Gasteiger charge is -2.26. The first kappa shape index (κ1) is 16.7. The van der Waals surface area contributed by atoms with Crippen molar-refractivity contribution in [3.63, 3.8) is 0 Å². The van der Waals surface area contributed by atoms with E-state index in [4.69, 9.17) is 16.7 Å². The number of nitrogens with one attached hydrogen (secondary N) is 1. The first-order valence-electron chi connectivity index (χ1n) is 6.50. The molecule has 1 aromatic rings. The second kappa shape index (κ2) is 6.64. The molecule has 1 aromatic carbocycles. The Bertz CT molecular complexity index is 642. The maximum atomic E-state index is 12.3. The zero-order valence-corrected chi connectivity index (χ0v) is 14.2. The van der Waals surface area contributed by atoms with E-state index in [9.17, 15) is 13.2 Å². The van der Waals surface area contributed by atoms with Crippen molar-refractivity contribution in [2.45, 2.75) is 36.6 Å². The zero-order valence-electron chi connectivity index (χ0n) is 11.1. The van der Waals surface area contributed by atoms with E-state index in [2.05, 4.69) is 20.7 Å². The molecule has 0 atom stereocenters. The van der Waals surface area contributed by atoms with Crippen LogP contribution in [0.3, 0.4) is 0 Å². The largest absolute Gasteiger partial charge is 0.481 e. The summed E-state index contributed by atoms with van der Waals surface area (Å²) in [5.41, 5.74) is 0. The SMILES string of the molecule is O=C(O)C1CCC(NS(=O)(=O)c2ccc(Br)cc2Cl)CC1. The number of hydrogen-bond acceptors (Lipinski definition) is 3. The fourth-order valence-corrected chi connectivity index (χ4v) is 4.78. The normalized spacial score (nSPS) is 23.0. The van der Waals surface area contributed by atoms with Crippen LogP contribution >= 0.6 is 27.5 Å². The Balaban J connectivity index is 2.07. The van der Waals surface area contributed by atoms with E-state index in [-0.39, 0.29) is 21.9 Å². The van der Waals surface area contributed by atoms with Gasteiger partial charge in [0.2, 0.25) is 10.0 Å². The van der Waals surface area contributed by atoms with Crippen LogP contribution in [0.4, 0.5) is 0 Å². The Hall–Kier alpha value is -0.630. The van der Waals surface area contributed by atoms with Gasteiger partial charge < -0.3 is 5.11 Å². The minimum Gasteiger partial charge on any atom is -0.481 e. The van der Waals surface area contributed by atoms with Gasteiger partial charge in [-0.25, -0.2) is 13.1 Å². The van der Waals surface area contributed by atoms with Crippen molar-refractivity contribution in [3.05, 3.63) is 27.7 Å². The molecule has 0 heterocycles. The lowest BCUT2D eigenvalue weighted by molar-refractivity contribution is -0.142. The number of aliphatic carboxylic acids is 1. The molecule has 0 saturated heterocycles. The topological polar surface area (TPSA) is 83.5 Å². The van der Waals surface area contributed by atoms with Gasteiger partial charge in [-0.3, -0.25) is 4.79 Å². The van der Waals surface area contributed by atoms with Crippen molar-refractivity contribution in [1.82, 2.24) is 4.72 Å². The van der Waals surface area contributed by atoms with Crippen LogP contribution in [0, 0.1) is 5.92 Å². The lowest BCUT2D eigenvalue weighted by atomic mass is 9.87. The number of halogens is 2. The Morgan fingerprint density at radius 3 is 2.43 bits per heavy atom. The highest BCUT2D eigenvalue weighted by Crippen LogP contribution is 2.28. The molecule has 0 amide bonds. The number of sulfonamides is 1. The average molecular weight is 397 g/mol. The van der Waals surface area contributed by atoms with E-state index in [0.29, 0.717) is 30.2 Å². The fraction of sp³-hybridized carbons (Fsp3) is 0.462. The highest BCUT2D eigenvalue weighted by Gasteiger charge is 2.29. The summed E-state index contributed by atoms with van der Waals surface area (Å²) in [7, 11) is -3.70. The van der Waals surface area contributed by atoms with Gasteiger partial charge in [0.25, 0.3) is 0 Å². The van der Waals surface area contributed by atoms with Crippen LogP contribution in [0.15, 0.2) is 27.6 Å². The Labute approximate surface area is 136 Å². The van der Waals surface area contributed by atoms with E-state index in [1.165, 1.54) is 12.1 Å². The van der Waals surface area contributed by atoms with Crippen LogP contribution in [0.2, 0.25) is 5.02 Å². The van der Waals surface area contributed by atoms with Crippen LogP contribution in [0.5, 0.6) is 0 Å². The molecule has 2 N–H and O–H groups in total. The number of carboxylic acid groups (broad SMARTS) is 1. The van der Waals surface area contributed by atoms with E-state index < -0.39 is 16.0 Å². The molecular weight excluding hydrogens is 382 g/mol. The maximum Gasteiger partial charge on any atom is 0.306 e. The Morgan fingerprint density at radius 2 is 1.90 bits per heavy atom. The lowest BCUT2D eigenvalue weighted by Crippen LogP contribution is -2.38. The first-order valence-corrected chi connectivity index (χ1v) is 9.15. The van der Waals surface area contributed by atoms with Gasteiger partial charge in [-0.15, -0.1) is 0 Å². The average Bonchev–Trinajstić information content (AvgIpc) is 2.38. The molecule has 0 aromatic heterocycles. The first-order chi connectivity index (χ1) is 9.79. The third-order valence-electron chi connectivity index (χ3n) is 3.58. The van der Waals surface area contributed by atoms with Gasteiger partial charge in [-0.1, -0.05) is 27.5 Å². The predicted octanol–water partition coefficient (Wildman–Crippen LogP) is 3.02. The third kappa shape index (κ3) is 4.18. The summed E-state index contributed by atoms with van der Waals surface area (Å²) in [5, 5.41) is 9.09. The number of carboxylic acids is 1. The molecule has 1 aliphatic rings. The molecular formula is C13H15BrClNO4S. The Kier molecular flexibility index (Phi) is 5.29. The summed E-state index contributed by atoms with van der Waals surface area (Å²) in [6.45, 7) is 0. The smallest absolute Gasteiger partial charge is 0.306 e. The number of hydrogen-bond donors (Lipinski definition) is 2. The minimum absolute atomic E-state index is 0.0349. The van der Waals surface area contributed by atoms with Crippen molar-refractivity contribution < 1.29 is 18.3 Å². The zero-order chi connectivity index (χ0) is 15.6. The summed E-state index contributed by atoms with van der Waals surface area (Å²) < 4.78 is 28.0. The summed E-state index contributed by atoms with van der Waals surface area (Å²) >= 11 is 9.20. The van der Waals surface area contributed by atoms with E-state index in [1.54, 1.807) is 6.07 Å². The maximum absolute atomic E-state index is 12.3. The van der Waals surface area contributed by atoms with Gasteiger partial charge in [0.1, 0.15) is 4.90 Å². The second-order valence-corrected chi connectivity index (χ2v) is 8.09. The molecule has 0 bridgehead atoms. The van der Waals surface area contributed by atoms with Gasteiger partial charge in [-0.05, 0) is 43.9 Å². The van der Waals surface area contributed by atoms with Gasteiger partial charge >= 0.3 is 5.97 Å². The van der Waals surface area contributed by atoms with Crippen molar-refractivity contribution in [2.24, 2.45) is 5.92 Å². The second-order valence-electron chi connectivity index (χ2n) is 5.08. The van der Waals surface area contributed by atoms with E-state index in [0.717, 1.165) is 0 Å². The van der Waals surface area contributed by atoms with Crippen LogP contribution in [0.25, 0.3) is 0 Å². The van der Waals surface area contributed by atoms with Crippen molar-refractivity contribution in [2.75, 3.05) is 0 Å². The molecule has 116 valence electrons. The summed E-state index contributed by atoms with van der Waals surface area (Å²) in [6.07, 6.45) is 2.00. The summed E-state index contributed by atoms with van der Waals surface area (Å²) in [4.78, 5) is 10.9. The molecule has 0 unspecified atom stereocenters. The molecule has 1 aliphatic carbocycles. The summed E-state index contributed by atoms with van der Waals surface area (Å²) in [5.74, 6) is -1.19. The van der Waals surface area contributed by atoms with E-state index in [1.807, 2.05) is 0 Å². The standard InChI is InChI=1S/C13H15BrClNO4S/c14-9-3-6-12(11(15)7-9)21(19,20)16-10-4-1-8(2-5-10)13(17)18/h3,6-8,10,16H,1-2,4-5H2,(H,17,18). The minimum atomic E-state index is -3.70. The molecule has 0 radical (unpaired) electrons. The van der Waals surface area contributed by atoms with Gasteiger partial charge in [0, 0.05) is 10.5 Å². The van der Waals surface area contributed by atoms with E-state index >= 15 is 0 Å². The molecule has 1 fully saturated rings. The molecule has 21 heavy (non-hydrogen) atoms. The van der Waals surface area contributed by atoms with Crippen molar-refractivity contribution >= 4 is 43.5 Å². The van der Waals surface area contributed by atoms with Crippen molar-refractivity contribution in [3.8, 4) is 0 Å². The molecule has 1 saturated carbocycles.